The molecule has 0 saturated carbocycles. The number of ether oxygens (including phenoxy) is 1. The summed E-state index contributed by atoms with van der Waals surface area (Å²) in [7, 11) is 1.65. The predicted molar refractivity (Wildman–Crippen MR) is 100 cm³/mol. The highest BCUT2D eigenvalue weighted by atomic mass is 16.5. The van der Waals surface area contributed by atoms with Crippen molar-refractivity contribution in [2.24, 2.45) is 0 Å². The lowest BCUT2D eigenvalue weighted by Gasteiger charge is -2.16. The topological polar surface area (TPSA) is 87.7 Å². The first-order valence-corrected chi connectivity index (χ1v) is 8.50. The molecule has 0 heterocycles. The molecule has 26 heavy (non-hydrogen) atoms. The Morgan fingerprint density at radius 1 is 1.12 bits per heavy atom. The van der Waals surface area contributed by atoms with E-state index >= 15 is 0 Å². The maximum atomic E-state index is 11.9. The summed E-state index contributed by atoms with van der Waals surface area (Å²) in [6.07, 6.45) is 0.449. The zero-order valence-corrected chi connectivity index (χ0v) is 15.0. The number of hydrogen-bond acceptors (Lipinski definition) is 3. The van der Waals surface area contributed by atoms with Gasteiger partial charge >= 0.3 is 12.0 Å². The van der Waals surface area contributed by atoms with Crippen molar-refractivity contribution in [3.8, 4) is 16.9 Å². The zero-order chi connectivity index (χ0) is 18.9. The third-order valence-electron chi connectivity index (χ3n) is 4.03. The van der Waals surface area contributed by atoms with Crippen LogP contribution in [0.25, 0.3) is 11.1 Å². The Balaban J connectivity index is 1.93. The fourth-order valence-electron chi connectivity index (χ4n) is 2.61. The molecule has 0 aliphatic heterocycles. The Morgan fingerprint density at radius 3 is 2.46 bits per heavy atom. The molecule has 2 aromatic carbocycles. The molecule has 0 spiro atoms. The number of aliphatic carboxylic acids is 1. The summed E-state index contributed by atoms with van der Waals surface area (Å²) in [5.41, 5.74) is 3.03. The quantitative estimate of drug-likeness (QED) is 0.631. The molecule has 3 N–H and O–H groups in total. The van der Waals surface area contributed by atoms with Gasteiger partial charge in [0.15, 0.2) is 0 Å². The van der Waals surface area contributed by atoms with Gasteiger partial charge in [0.2, 0.25) is 0 Å². The summed E-state index contributed by atoms with van der Waals surface area (Å²) in [5.74, 6) is -0.0529. The normalized spacial score (nSPS) is 11.5. The second-order valence-corrected chi connectivity index (χ2v) is 5.94. The average Bonchev–Trinajstić information content (AvgIpc) is 2.65. The number of urea groups is 1. The number of benzene rings is 2. The number of carbonyl (C=O) groups excluding carboxylic acids is 1. The molecule has 6 heteroatoms. The fourth-order valence-corrected chi connectivity index (χ4v) is 2.61. The lowest BCUT2D eigenvalue weighted by molar-refractivity contribution is -0.137. The molecule has 2 aromatic rings. The van der Waals surface area contributed by atoms with Crippen molar-refractivity contribution < 1.29 is 19.4 Å². The van der Waals surface area contributed by atoms with Crippen molar-refractivity contribution in [1.29, 1.82) is 0 Å². The average molecular weight is 356 g/mol. The fraction of sp³-hybridized carbons (Fsp3) is 0.300. The maximum Gasteiger partial charge on any atom is 0.315 e. The summed E-state index contributed by atoms with van der Waals surface area (Å²) >= 11 is 0. The van der Waals surface area contributed by atoms with E-state index in [9.17, 15) is 9.59 Å². The van der Waals surface area contributed by atoms with Crippen molar-refractivity contribution >= 4 is 12.0 Å². The minimum atomic E-state index is -0.865. The summed E-state index contributed by atoms with van der Waals surface area (Å²) in [6, 6.07) is 15.3. The molecule has 138 valence electrons. The van der Waals surface area contributed by atoms with Crippen LogP contribution in [0.2, 0.25) is 0 Å². The lowest BCUT2D eigenvalue weighted by Crippen LogP contribution is -2.37. The summed E-state index contributed by atoms with van der Waals surface area (Å²) in [5, 5.41) is 14.1. The molecule has 2 rings (SSSR count). The smallest absolute Gasteiger partial charge is 0.315 e. The predicted octanol–water partition coefficient (Wildman–Crippen LogP) is 3.59. The van der Waals surface area contributed by atoms with Crippen molar-refractivity contribution in [3.05, 3.63) is 54.1 Å². The van der Waals surface area contributed by atoms with Gasteiger partial charge < -0.3 is 20.5 Å². The van der Waals surface area contributed by atoms with Gasteiger partial charge in [-0.1, -0.05) is 42.5 Å². The van der Waals surface area contributed by atoms with Gasteiger partial charge in [-0.3, -0.25) is 4.79 Å². The SMILES string of the molecule is COc1ccccc1-c1ccc(C(C)NC(=O)NCCCC(=O)O)cc1. The molecule has 0 saturated heterocycles. The first kappa shape index (κ1) is 19.3. The van der Waals surface area contributed by atoms with Crippen LogP contribution in [0.5, 0.6) is 5.75 Å². The van der Waals surface area contributed by atoms with Crippen LogP contribution in [0.4, 0.5) is 4.79 Å². The Hall–Kier alpha value is -3.02. The van der Waals surface area contributed by atoms with E-state index in [-0.39, 0.29) is 18.5 Å². The second-order valence-electron chi connectivity index (χ2n) is 5.94. The molecule has 0 aliphatic carbocycles. The molecule has 0 aliphatic rings. The van der Waals surface area contributed by atoms with Crippen molar-refractivity contribution in [2.45, 2.75) is 25.8 Å². The van der Waals surface area contributed by atoms with Crippen molar-refractivity contribution in [2.75, 3.05) is 13.7 Å². The van der Waals surface area contributed by atoms with E-state index in [1.807, 2.05) is 55.5 Å². The van der Waals surface area contributed by atoms with E-state index in [2.05, 4.69) is 10.6 Å². The monoisotopic (exact) mass is 356 g/mol. The summed E-state index contributed by atoms with van der Waals surface area (Å²) < 4.78 is 5.39. The molecule has 6 nitrogen and oxygen atoms in total. The van der Waals surface area contributed by atoms with E-state index in [1.165, 1.54) is 0 Å². The number of carbonyl (C=O) groups is 2. The number of para-hydroxylation sites is 1. The van der Waals surface area contributed by atoms with E-state index in [0.717, 1.165) is 22.4 Å². The Morgan fingerprint density at radius 2 is 1.81 bits per heavy atom. The number of amides is 2. The Bertz CT molecular complexity index is 744. The van der Waals surface area contributed by atoms with Crippen LogP contribution in [0.3, 0.4) is 0 Å². The largest absolute Gasteiger partial charge is 0.496 e. The van der Waals surface area contributed by atoms with Gasteiger partial charge in [0, 0.05) is 18.5 Å². The maximum absolute atomic E-state index is 11.9. The molecule has 0 aromatic heterocycles. The summed E-state index contributed by atoms with van der Waals surface area (Å²) in [4.78, 5) is 22.3. The minimum absolute atomic E-state index is 0.0419. The first-order chi connectivity index (χ1) is 12.5. The molecule has 0 bridgehead atoms. The summed E-state index contributed by atoms with van der Waals surface area (Å²) in [6.45, 7) is 2.23. The van der Waals surface area contributed by atoms with Gasteiger partial charge in [-0.15, -0.1) is 0 Å². The Labute approximate surface area is 153 Å². The van der Waals surface area contributed by atoms with Gasteiger partial charge in [0.1, 0.15) is 5.75 Å². The van der Waals surface area contributed by atoms with Gasteiger partial charge in [0.05, 0.1) is 13.2 Å². The number of methoxy groups -OCH3 is 1. The molecule has 2 amide bonds. The third-order valence-corrected chi connectivity index (χ3v) is 4.03. The molecule has 1 atom stereocenters. The number of hydrogen-bond donors (Lipinski definition) is 3. The molecular weight excluding hydrogens is 332 g/mol. The van der Waals surface area contributed by atoms with E-state index in [1.54, 1.807) is 7.11 Å². The number of carboxylic acid groups (broad SMARTS) is 1. The zero-order valence-electron chi connectivity index (χ0n) is 15.0. The van der Waals surface area contributed by atoms with Crippen LogP contribution in [0.15, 0.2) is 48.5 Å². The standard InChI is InChI=1S/C20H24N2O4/c1-14(22-20(25)21-13-5-8-19(23)24)15-9-11-16(12-10-15)17-6-3-4-7-18(17)26-2/h3-4,6-7,9-12,14H,5,8,13H2,1-2H3,(H,23,24)(H2,21,22,25). The highest BCUT2D eigenvalue weighted by molar-refractivity contribution is 5.75. The van der Waals surface area contributed by atoms with Crippen LogP contribution < -0.4 is 15.4 Å². The van der Waals surface area contributed by atoms with Gasteiger partial charge in [-0.05, 0) is 30.5 Å². The van der Waals surface area contributed by atoms with Crippen molar-refractivity contribution in [1.82, 2.24) is 10.6 Å². The molecular formula is C20H24N2O4. The third kappa shape index (κ3) is 5.51. The lowest BCUT2D eigenvalue weighted by atomic mass is 10.0. The highest BCUT2D eigenvalue weighted by Gasteiger charge is 2.10. The Kier molecular flexibility index (Phi) is 7.02. The first-order valence-electron chi connectivity index (χ1n) is 8.50. The van der Waals surface area contributed by atoms with Gasteiger partial charge in [-0.25, -0.2) is 4.79 Å². The van der Waals surface area contributed by atoms with Crippen LogP contribution in [0, 0.1) is 0 Å². The van der Waals surface area contributed by atoms with Gasteiger partial charge in [0.25, 0.3) is 0 Å². The number of nitrogens with one attached hydrogen (secondary N) is 2. The van der Waals surface area contributed by atoms with Gasteiger partial charge in [-0.2, -0.15) is 0 Å². The molecule has 1 unspecified atom stereocenters. The minimum Gasteiger partial charge on any atom is -0.496 e. The second kappa shape index (κ2) is 9.46. The van der Waals surface area contributed by atoms with E-state index in [4.69, 9.17) is 9.84 Å². The van der Waals surface area contributed by atoms with Crippen LogP contribution in [0.1, 0.15) is 31.4 Å². The highest BCUT2D eigenvalue weighted by Crippen LogP contribution is 2.30. The van der Waals surface area contributed by atoms with Crippen LogP contribution >= 0.6 is 0 Å². The van der Waals surface area contributed by atoms with E-state index in [0.29, 0.717) is 13.0 Å². The molecule has 0 radical (unpaired) electrons. The van der Waals surface area contributed by atoms with Crippen molar-refractivity contribution in [3.63, 3.8) is 0 Å². The number of rotatable bonds is 8. The van der Waals surface area contributed by atoms with Crippen LogP contribution in [-0.4, -0.2) is 30.8 Å². The molecule has 0 fully saturated rings. The van der Waals surface area contributed by atoms with E-state index < -0.39 is 5.97 Å². The number of carboxylic acids is 1. The van der Waals surface area contributed by atoms with Crippen LogP contribution in [-0.2, 0) is 4.79 Å².